The lowest BCUT2D eigenvalue weighted by Crippen LogP contribution is -2.38. The van der Waals surface area contributed by atoms with Crippen LogP contribution < -0.4 is 21.6 Å². The van der Waals surface area contributed by atoms with E-state index >= 15 is 0 Å². The minimum atomic E-state index is -0.314. The van der Waals surface area contributed by atoms with E-state index in [1.165, 1.54) is 29.7 Å². The summed E-state index contributed by atoms with van der Waals surface area (Å²) in [6.07, 6.45) is 7.64. The summed E-state index contributed by atoms with van der Waals surface area (Å²) in [6.45, 7) is 0.519. The molecule has 6 rings (SSSR count). The van der Waals surface area contributed by atoms with Gasteiger partial charge in [-0.3, -0.25) is 15.0 Å². The lowest BCUT2D eigenvalue weighted by molar-refractivity contribution is 0.260. The summed E-state index contributed by atoms with van der Waals surface area (Å²) in [5.41, 5.74) is 12.4. The predicted octanol–water partition coefficient (Wildman–Crippen LogP) is 5.45. The van der Waals surface area contributed by atoms with E-state index < -0.39 is 0 Å². The number of fused-ring (bicyclic) bond motifs is 1. The number of anilines is 2. The third kappa shape index (κ3) is 4.89. The topological polar surface area (TPSA) is 101 Å². The van der Waals surface area contributed by atoms with Crippen LogP contribution in [0.15, 0.2) is 66.2 Å². The maximum atomic E-state index is 13.7. The van der Waals surface area contributed by atoms with Crippen molar-refractivity contribution in [2.24, 2.45) is 0 Å². The molecular weight excluding hydrogens is 511 g/mol. The number of halogens is 2. The van der Waals surface area contributed by atoms with Crippen molar-refractivity contribution in [3.05, 3.63) is 93.0 Å². The second-order valence-electron chi connectivity index (χ2n) is 8.92. The Bertz CT molecular complexity index is 1510. The maximum absolute atomic E-state index is 13.7. The van der Waals surface area contributed by atoms with E-state index in [0.29, 0.717) is 34.4 Å². The Balaban J connectivity index is 1.38. The predicted molar refractivity (Wildman–Crippen MR) is 143 cm³/mol. The lowest BCUT2D eigenvalue weighted by atomic mass is 10.0. The molecule has 2 aromatic heterocycles. The highest BCUT2D eigenvalue weighted by molar-refractivity contribution is 7.09. The highest BCUT2D eigenvalue weighted by Gasteiger charge is 2.32. The fourth-order valence-electron chi connectivity index (χ4n) is 4.33. The third-order valence-electron chi connectivity index (χ3n) is 6.34. The molecule has 1 aliphatic heterocycles. The first-order valence-electron chi connectivity index (χ1n) is 11.8. The molecule has 0 amide bonds. The molecule has 0 bridgehead atoms. The number of nitrogens with one attached hydrogen (secondary N) is 4. The highest BCUT2D eigenvalue weighted by Crippen LogP contribution is 2.36. The average Bonchev–Trinajstić information content (AvgIpc) is 3.40. The Morgan fingerprint density at radius 3 is 2.81 bits per heavy atom. The molecule has 11 heteroatoms. The number of aromatic nitrogens is 2. The van der Waals surface area contributed by atoms with Gasteiger partial charge < -0.3 is 16.1 Å². The minimum absolute atomic E-state index is 0.297. The molecule has 1 saturated carbocycles. The Morgan fingerprint density at radius 1 is 1.24 bits per heavy atom. The van der Waals surface area contributed by atoms with E-state index in [1.54, 1.807) is 23.8 Å². The van der Waals surface area contributed by atoms with E-state index in [4.69, 9.17) is 11.6 Å². The molecule has 186 valence electrons. The van der Waals surface area contributed by atoms with Crippen LogP contribution in [0.25, 0.3) is 10.9 Å². The van der Waals surface area contributed by atoms with Crippen molar-refractivity contribution >= 4 is 45.2 Å². The van der Waals surface area contributed by atoms with Gasteiger partial charge in [0, 0.05) is 40.6 Å². The molecule has 4 N–H and O–H groups in total. The molecule has 4 aromatic rings. The van der Waals surface area contributed by atoms with Gasteiger partial charge in [-0.1, -0.05) is 23.7 Å². The summed E-state index contributed by atoms with van der Waals surface area (Å²) in [7, 11) is 0. The number of nitrogens with zero attached hydrogens (tertiary/aromatic N) is 4. The molecule has 1 atom stereocenters. The van der Waals surface area contributed by atoms with Crippen LogP contribution in [-0.4, -0.2) is 21.0 Å². The molecule has 3 heterocycles. The van der Waals surface area contributed by atoms with Crippen molar-refractivity contribution in [1.82, 2.24) is 25.9 Å². The first kappa shape index (κ1) is 23.5. The zero-order chi connectivity index (χ0) is 25.4. The van der Waals surface area contributed by atoms with Gasteiger partial charge in [0.25, 0.3) is 0 Å². The number of benzene rings is 2. The highest BCUT2D eigenvalue weighted by atomic mass is 35.5. The summed E-state index contributed by atoms with van der Waals surface area (Å²) < 4.78 is 13.7. The zero-order valence-electron chi connectivity index (χ0n) is 19.5. The van der Waals surface area contributed by atoms with Crippen LogP contribution in [-0.2, 0) is 6.54 Å². The number of rotatable bonds is 8. The number of nitriles is 1. The molecule has 1 fully saturated rings. The number of thiazole rings is 1. The van der Waals surface area contributed by atoms with Crippen LogP contribution in [0.2, 0.25) is 5.02 Å². The van der Waals surface area contributed by atoms with Crippen molar-refractivity contribution in [3.8, 4) is 6.07 Å². The summed E-state index contributed by atoms with van der Waals surface area (Å²) in [5, 5.41) is 19.9. The fourth-order valence-corrected chi connectivity index (χ4v) is 5.13. The van der Waals surface area contributed by atoms with Crippen LogP contribution in [0, 0.1) is 17.1 Å². The lowest BCUT2D eigenvalue weighted by Gasteiger charge is -2.22. The zero-order valence-corrected chi connectivity index (χ0v) is 21.1. The van der Waals surface area contributed by atoms with Gasteiger partial charge >= 0.3 is 0 Å². The smallest absolute Gasteiger partial charge is 0.123 e. The largest absolute Gasteiger partial charge is 0.378 e. The molecule has 8 nitrogen and oxygen atoms in total. The van der Waals surface area contributed by atoms with Gasteiger partial charge in [-0.05, 0) is 42.7 Å². The van der Waals surface area contributed by atoms with Gasteiger partial charge in [0.2, 0.25) is 0 Å². The monoisotopic (exact) mass is 532 g/mol. The molecular formula is C26H22ClFN8S. The summed E-state index contributed by atoms with van der Waals surface area (Å²) in [6, 6.07) is 12.5. The molecule has 37 heavy (non-hydrogen) atoms. The molecule has 0 radical (unpaired) electrons. The van der Waals surface area contributed by atoms with Gasteiger partial charge in [-0.15, -0.1) is 16.9 Å². The van der Waals surface area contributed by atoms with Crippen LogP contribution in [0.3, 0.4) is 0 Å². The Labute approximate surface area is 221 Å². The van der Waals surface area contributed by atoms with Crippen molar-refractivity contribution in [2.75, 3.05) is 10.6 Å². The minimum Gasteiger partial charge on any atom is -0.378 e. The van der Waals surface area contributed by atoms with E-state index in [2.05, 4.69) is 42.6 Å². The quantitative estimate of drug-likeness (QED) is 0.238. The molecule has 2 aliphatic rings. The van der Waals surface area contributed by atoms with Gasteiger partial charge in [-0.2, -0.15) is 5.26 Å². The van der Waals surface area contributed by atoms with E-state index in [9.17, 15) is 9.65 Å². The first-order valence-corrected chi connectivity index (χ1v) is 13.0. The maximum Gasteiger partial charge on any atom is 0.123 e. The van der Waals surface area contributed by atoms with E-state index in [0.717, 1.165) is 40.1 Å². The van der Waals surface area contributed by atoms with Crippen LogP contribution in [0.4, 0.5) is 15.8 Å². The second-order valence-corrected chi connectivity index (χ2v) is 10.3. The Morgan fingerprint density at radius 2 is 2.08 bits per heavy atom. The average molecular weight is 533 g/mol. The molecule has 0 spiro atoms. The molecule has 1 aliphatic carbocycles. The number of hydrogen-bond donors (Lipinski definition) is 4. The second kappa shape index (κ2) is 9.86. The summed E-state index contributed by atoms with van der Waals surface area (Å²) in [5.74, 6) is -0.297. The van der Waals surface area contributed by atoms with E-state index in [1.807, 2.05) is 18.3 Å². The SMILES string of the molecule is N#Cc1cnc2c(Cl)cc(N[C@H](C3=CN(C4CC4)NN3)c3ccc(F)cc3)cc2c1NCc1cncs1. The number of hydrazine groups is 2. The standard InChI is InChI=1S/C26H22ClFN8S/c27-22-8-18(7-21-24(16(9-29)10-31-26(21)22)32-12-20-11-30-14-37-20)33-25(15-1-3-17(28)4-2-15)23-13-36(35-34-23)19-5-6-19/h1-4,7-8,10-11,13-14,19,25,33-35H,5-6,12H2,(H,31,32)/t25-/m0/s1. The van der Waals surface area contributed by atoms with Gasteiger partial charge in [0.05, 0.1) is 45.6 Å². The van der Waals surface area contributed by atoms with Crippen molar-refractivity contribution < 1.29 is 4.39 Å². The summed E-state index contributed by atoms with van der Waals surface area (Å²) in [4.78, 5) is 9.60. The molecule has 0 unspecified atom stereocenters. The number of pyridine rings is 1. The van der Waals surface area contributed by atoms with Crippen LogP contribution >= 0.6 is 22.9 Å². The number of hydrogen-bond acceptors (Lipinski definition) is 9. The van der Waals surface area contributed by atoms with Crippen LogP contribution in [0.5, 0.6) is 0 Å². The third-order valence-corrected chi connectivity index (χ3v) is 7.41. The van der Waals surface area contributed by atoms with E-state index in [-0.39, 0.29) is 11.9 Å². The van der Waals surface area contributed by atoms with Gasteiger partial charge in [0.15, 0.2) is 0 Å². The first-order chi connectivity index (χ1) is 18.1. The fraction of sp³-hybridized carbons (Fsp3) is 0.192. The van der Waals surface area contributed by atoms with Gasteiger partial charge in [-0.25, -0.2) is 4.39 Å². The normalized spacial score (nSPS) is 15.7. The Hall–Kier alpha value is -3.91. The Kier molecular flexibility index (Phi) is 6.26. The summed E-state index contributed by atoms with van der Waals surface area (Å²) >= 11 is 8.23. The van der Waals surface area contributed by atoms with Crippen molar-refractivity contribution in [3.63, 3.8) is 0 Å². The molecule has 2 aromatic carbocycles. The van der Waals surface area contributed by atoms with Gasteiger partial charge in [0.1, 0.15) is 11.9 Å². The van der Waals surface area contributed by atoms with Crippen molar-refractivity contribution in [1.29, 1.82) is 5.26 Å². The molecule has 0 saturated heterocycles. The van der Waals surface area contributed by atoms with Crippen LogP contribution in [0.1, 0.15) is 34.9 Å². The van der Waals surface area contributed by atoms with Crippen molar-refractivity contribution in [2.45, 2.75) is 31.5 Å².